The van der Waals surface area contributed by atoms with Crippen LogP contribution in [0.4, 0.5) is 11.4 Å². The van der Waals surface area contributed by atoms with E-state index in [0.717, 1.165) is 20.2 Å². The molecule has 1 fully saturated rings. The predicted molar refractivity (Wildman–Crippen MR) is 131 cm³/mol. The molecule has 1 aliphatic rings. The topological polar surface area (TPSA) is 79.0 Å². The number of carbonyl (C=O) groups is 1. The third-order valence-corrected chi connectivity index (χ3v) is 7.21. The van der Waals surface area contributed by atoms with Crippen molar-refractivity contribution in [2.24, 2.45) is 0 Å². The summed E-state index contributed by atoms with van der Waals surface area (Å²) in [5.41, 5.74) is 2.43. The zero-order valence-electron chi connectivity index (χ0n) is 17.1. The standard InChI is InChI=1S/C21H23Br2N3O4S/c1-30-21-15(13-16(22)14-19(21)23)3-8-20(27)24-17-4-6-18(7-5-17)25-9-11-26(12-10-25)31(2,28)29/h3-8,13-14H,9-12H2,1-2H3,(H,24,27). The van der Waals surface area contributed by atoms with Crippen LogP contribution in [0, 0.1) is 0 Å². The van der Waals surface area contributed by atoms with Crippen LogP contribution in [-0.4, -0.2) is 58.2 Å². The number of rotatable bonds is 6. The van der Waals surface area contributed by atoms with Gasteiger partial charge in [-0.2, -0.15) is 4.31 Å². The van der Waals surface area contributed by atoms with Gasteiger partial charge in [-0.05, 0) is 58.4 Å². The van der Waals surface area contributed by atoms with Gasteiger partial charge in [0, 0.05) is 53.7 Å². The van der Waals surface area contributed by atoms with Crippen molar-refractivity contribution in [3.63, 3.8) is 0 Å². The van der Waals surface area contributed by atoms with Gasteiger partial charge in [0.05, 0.1) is 17.8 Å². The number of nitrogens with zero attached hydrogens (tertiary/aromatic N) is 2. The molecule has 0 bridgehead atoms. The van der Waals surface area contributed by atoms with Crippen molar-refractivity contribution in [3.05, 3.63) is 57.0 Å². The fraction of sp³-hybridized carbons (Fsp3) is 0.286. The van der Waals surface area contributed by atoms with Crippen LogP contribution in [-0.2, 0) is 14.8 Å². The Bertz CT molecular complexity index is 1080. The summed E-state index contributed by atoms with van der Waals surface area (Å²) in [5, 5.41) is 2.84. The largest absolute Gasteiger partial charge is 0.495 e. The molecule has 10 heteroatoms. The normalized spacial score (nSPS) is 15.3. The van der Waals surface area contributed by atoms with Crippen LogP contribution in [0.5, 0.6) is 5.75 Å². The van der Waals surface area contributed by atoms with Gasteiger partial charge >= 0.3 is 0 Å². The van der Waals surface area contributed by atoms with Crippen molar-refractivity contribution in [1.29, 1.82) is 0 Å². The van der Waals surface area contributed by atoms with Crippen molar-refractivity contribution in [2.45, 2.75) is 0 Å². The molecule has 0 saturated carbocycles. The number of sulfonamides is 1. The van der Waals surface area contributed by atoms with Gasteiger partial charge in [-0.3, -0.25) is 4.79 Å². The second-order valence-electron chi connectivity index (χ2n) is 7.03. The first-order valence-corrected chi connectivity index (χ1v) is 12.9. The highest BCUT2D eigenvalue weighted by atomic mass is 79.9. The Morgan fingerprint density at radius 2 is 1.74 bits per heavy atom. The number of ether oxygens (including phenoxy) is 1. The van der Waals surface area contributed by atoms with Crippen LogP contribution in [0.15, 0.2) is 51.4 Å². The lowest BCUT2D eigenvalue weighted by atomic mass is 10.2. The van der Waals surface area contributed by atoms with E-state index in [1.54, 1.807) is 13.2 Å². The molecule has 7 nitrogen and oxygen atoms in total. The van der Waals surface area contributed by atoms with Crippen molar-refractivity contribution >= 4 is 65.2 Å². The van der Waals surface area contributed by atoms with Gasteiger partial charge in [0.2, 0.25) is 15.9 Å². The van der Waals surface area contributed by atoms with Crippen LogP contribution >= 0.6 is 31.9 Å². The molecule has 3 rings (SSSR count). The summed E-state index contributed by atoms with van der Waals surface area (Å²) < 4.78 is 31.8. The number of anilines is 2. The summed E-state index contributed by atoms with van der Waals surface area (Å²) in [5.74, 6) is 0.389. The van der Waals surface area contributed by atoms with E-state index >= 15 is 0 Å². The number of halogens is 2. The lowest BCUT2D eigenvalue weighted by Crippen LogP contribution is -2.48. The molecule has 1 saturated heterocycles. The number of benzene rings is 2. The third-order valence-electron chi connectivity index (χ3n) is 4.86. The number of nitrogens with one attached hydrogen (secondary N) is 1. The summed E-state index contributed by atoms with van der Waals surface area (Å²) in [6, 6.07) is 11.2. The first-order chi connectivity index (χ1) is 14.7. The molecule has 2 aromatic rings. The predicted octanol–water partition coefficient (Wildman–Crippen LogP) is 3.95. The third kappa shape index (κ3) is 6.31. The summed E-state index contributed by atoms with van der Waals surface area (Å²) in [6.45, 7) is 2.20. The summed E-state index contributed by atoms with van der Waals surface area (Å²) in [7, 11) is -1.57. The molecular weight excluding hydrogens is 550 g/mol. The number of amides is 1. The Kier molecular flexibility index (Phi) is 7.79. The first kappa shape index (κ1) is 23.8. The molecule has 31 heavy (non-hydrogen) atoms. The van der Waals surface area contributed by atoms with E-state index in [2.05, 4.69) is 42.1 Å². The minimum Gasteiger partial charge on any atom is -0.495 e. The van der Waals surface area contributed by atoms with Gasteiger partial charge in [0.25, 0.3) is 0 Å². The Morgan fingerprint density at radius 1 is 1.10 bits per heavy atom. The molecule has 0 unspecified atom stereocenters. The summed E-state index contributed by atoms with van der Waals surface area (Å²) in [6.07, 6.45) is 4.38. The maximum atomic E-state index is 12.3. The van der Waals surface area contributed by atoms with Crippen LogP contribution in [0.1, 0.15) is 5.56 Å². The van der Waals surface area contributed by atoms with Gasteiger partial charge < -0.3 is 15.0 Å². The van der Waals surface area contributed by atoms with Gasteiger partial charge in [0.1, 0.15) is 5.75 Å². The minimum absolute atomic E-state index is 0.257. The molecule has 0 spiro atoms. The second kappa shape index (κ2) is 10.2. The number of hydrogen-bond donors (Lipinski definition) is 1. The van der Waals surface area contributed by atoms with Crippen molar-refractivity contribution in [3.8, 4) is 5.75 Å². The Balaban J connectivity index is 1.60. The average molecular weight is 573 g/mol. The molecule has 1 N–H and O–H groups in total. The average Bonchev–Trinajstić information content (AvgIpc) is 2.72. The van der Waals surface area contributed by atoms with Gasteiger partial charge in [0.15, 0.2) is 0 Å². The quantitative estimate of drug-likeness (QED) is 0.530. The molecule has 0 aliphatic carbocycles. The lowest BCUT2D eigenvalue weighted by molar-refractivity contribution is -0.111. The Hall–Kier alpha value is -1.88. The fourth-order valence-corrected chi connectivity index (χ4v) is 5.55. The van der Waals surface area contributed by atoms with Crippen molar-refractivity contribution < 1.29 is 17.9 Å². The van der Waals surface area contributed by atoms with Gasteiger partial charge in [-0.15, -0.1) is 0 Å². The highest BCUT2D eigenvalue weighted by Gasteiger charge is 2.23. The fourth-order valence-electron chi connectivity index (χ4n) is 3.30. The Labute approximate surface area is 199 Å². The Morgan fingerprint density at radius 3 is 2.32 bits per heavy atom. The smallest absolute Gasteiger partial charge is 0.248 e. The lowest BCUT2D eigenvalue weighted by Gasteiger charge is -2.34. The number of carbonyl (C=O) groups excluding carboxylic acids is 1. The second-order valence-corrected chi connectivity index (χ2v) is 10.8. The van der Waals surface area contributed by atoms with E-state index in [-0.39, 0.29) is 5.91 Å². The van der Waals surface area contributed by atoms with E-state index in [9.17, 15) is 13.2 Å². The number of hydrogen-bond acceptors (Lipinski definition) is 5. The van der Waals surface area contributed by atoms with Gasteiger partial charge in [-0.25, -0.2) is 8.42 Å². The molecule has 166 valence electrons. The SMILES string of the molecule is COc1c(Br)cc(Br)cc1C=CC(=O)Nc1ccc(N2CCN(S(C)(=O)=O)CC2)cc1. The van der Waals surface area contributed by atoms with E-state index in [1.807, 2.05) is 36.4 Å². The molecule has 1 heterocycles. The maximum absolute atomic E-state index is 12.3. The minimum atomic E-state index is -3.15. The number of methoxy groups -OCH3 is 1. The van der Waals surface area contributed by atoms with E-state index in [1.165, 1.54) is 16.6 Å². The zero-order valence-corrected chi connectivity index (χ0v) is 21.1. The van der Waals surface area contributed by atoms with E-state index in [0.29, 0.717) is 37.6 Å². The summed E-state index contributed by atoms with van der Waals surface area (Å²) in [4.78, 5) is 14.5. The maximum Gasteiger partial charge on any atom is 0.248 e. The molecule has 0 atom stereocenters. The monoisotopic (exact) mass is 571 g/mol. The van der Waals surface area contributed by atoms with Crippen molar-refractivity contribution in [2.75, 3.05) is 49.8 Å². The molecular formula is C21H23Br2N3O4S. The number of piperazine rings is 1. The highest BCUT2D eigenvalue weighted by Crippen LogP contribution is 2.33. The van der Waals surface area contributed by atoms with Crippen LogP contribution in [0.25, 0.3) is 6.08 Å². The van der Waals surface area contributed by atoms with E-state index in [4.69, 9.17) is 4.74 Å². The van der Waals surface area contributed by atoms with Gasteiger partial charge in [-0.1, -0.05) is 15.9 Å². The highest BCUT2D eigenvalue weighted by molar-refractivity contribution is 9.11. The summed E-state index contributed by atoms with van der Waals surface area (Å²) >= 11 is 6.88. The molecule has 1 amide bonds. The molecule has 2 aromatic carbocycles. The molecule has 1 aliphatic heterocycles. The van der Waals surface area contributed by atoms with Crippen molar-refractivity contribution in [1.82, 2.24) is 4.31 Å². The first-order valence-electron chi connectivity index (χ1n) is 9.49. The molecule has 0 radical (unpaired) electrons. The van der Waals surface area contributed by atoms with Crippen LogP contribution in [0.2, 0.25) is 0 Å². The zero-order chi connectivity index (χ0) is 22.6. The van der Waals surface area contributed by atoms with Crippen LogP contribution in [0.3, 0.4) is 0 Å². The molecule has 0 aromatic heterocycles. The van der Waals surface area contributed by atoms with Crippen LogP contribution < -0.4 is 15.0 Å². The van der Waals surface area contributed by atoms with E-state index < -0.39 is 10.0 Å².